The summed E-state index contributed by atoms with van der Waals surface area (Å²) >= 11 is 1.49. The van der Waals surface area contributed by atoms with Crippen LogP contribution in [0.2, 0.25) is 0 Å². The number of thioether (sulfide) groups is 1. The van der Waals surface area contributed by atoms with E-state index in [1.54, 1.807) is 13.8 Å². The topological polar surface area (TPSA) is 214 Å². The number of nitrogens with two attached hydrogens (primary N) is 2. The second-order valence-electron chi connectivity index (χ2n) is 7.88. The highest BCUT2D eigenvalue weighted by Crippen LogP contribution is 2.08. The molecular weight excluding hydrogens is 442 g/mol. The summed E-state index contributed by atoms with van der Waals surface area (Å²) in [6.45, 7) is 4.76. The number of hydrogen-bond acceptors (Lipinski definition) is 8. The molecule has 0 bridgehead atoms. The lowest BCUT2D eigenvalue weighted by molar-refractivity contribution is -0.145. The van der Waals surface area contributed by atoms with Crippen molar-refractivity contribution in [3.63, 3.8) is 0 Å². The van der Waals surface area contributed by atoms with E-state index in [9.17, 15) is 29.1 Å². The van der Waals surface area contributed by atoms with Crippen LogP contribution in [0.1, 0.15) is 40.0 Å². The number of primary amides is 1. The lowest BCUT2D eigenvalue weighted by atomic mass is 10.0. The van der Waals surface area contributed by atoms with Crippen LogP contribution in [0.4, 0.5) is 0 Å². The van der Waals surface area contributed by atoms with E-state index in [0.717, 1.165) is 0 Å². The van der Waals surface area contributed by atoms with Crippen molar-refractivity contribution in [3.05, 3.63) is 0 Å². The van der Waals surface area contributed by atoms with Gasteiger partial charge in [0.1, 0.15) is 12.1 Å². The van der Waals surface area contributed by atoms with Crippen molar-refractivity contribution < 1.29 is 34.2 Å². The third-order valence-corrected chi connectivity index (χ3v) is 5.04. The molecule has 13 heteroatoms. The smallest absolute Gasteiger partial charge is 0.328 e. The lowest BCUT2D eigenvalue weighted by Gasteiger charge is -2.26. The van der Waals surface area contributed by atoms with Crippen molar-refractivity contribution in [2.45, 2.75) is 70.3 Å². The largest absolute Gasteiger partial charge is 0.480 e. The van der Waals surface area contributed by atoms with Gasteiger partial charge in [0.05, 0.1) is 18.6 Å². The van der Waals surface area contributed by atoms with E-state index < -0.39 is 66.3 Å². The monoisotopic (exact) mass is 477 g/mol. The van der Waals surface area contributed by atoms with Crippen molar-refractivity contribution in [2.75, 3.05) is 12.0 Å². The molecule has 0 aromatic carbocycles. The molecule has 12 nitrogen and oxygen atoms in total. The van der Waals surface area contributed by atoms with Crippen LogP contribution in [0, 0.1) is 5.92 Å². The summed E-state index contributed by atoms with van der Waals surface area (Å²) in [5.41, 5.74) is 11.0. The van der Waals surface area contributed by atoms with Gasteiger partial charge in [-0.3, -0.25) is 19.2 Å². The van der Waals surface area contributed by atoms with Crippen LogP contribution in [-0.4, -0.2) is 82.1 Å². The number of carbonyl (C=O) groups is 5. The molecule has 0 rings (SSSR count). The third-order valence-electron chi connectivity index (χ3n) is 4.39. The van der Waals surface area contributed by atoms with Crippen molar-refractivity contribution in [1.29, 1.82) is 0 Å². The molecule has 0 saturated heterocycles. The second-order valence-corrected chi connectivity index (χ2v) is 8.86. The Hall–Kier alpha value is -2.38. The van der Waals surface area contributed by atoms with Crippen molar-refractivity contribution in [3.8, 4) is 0 Å². The first-order valence-electron chi connectivity index (χ1n) is 10.1. The van der Waals surface area contributed by atoms with Gasteiger partial charge in [-0.2, -0.15) is 11.8 Å². The fourth-order valence-electron chi connectivity index (χ4n) is 2.68. The second kappa shape index (κ2) is 14.6. The molecule has 9 N–H and O–H groups in total. The van der Waals surface area contributed by atoms with Crippen LogP contribution < -0.4 is 27.4 Å². The fraction of sp³-hybridized carbons (Fsp3) is 0.737. The van der Waals surface area contributed by atoms with E-state index in [0.29, 0.717) is 12.2 Å². The first-order chi connectivity index (χ1) is 14.8. The Morgan fingerprint density at radius 2 is 1.47 bits per heavy atom. The molecule has 0 heterocycles. The van der Waals surface area contributed by atoms with E-state index in [4.69, 9.17) is 16.6 Å². The van der Waals surface area contributed by atoms with Crippen LogP contribution in [0.5, 0.6) is 0 Å². The Morgan fingerprint density at radius 1 is 0.938 bits per heavy atom. The highest BCUT2D eigenvalue weighted by molar-refractivity contribution is 7.98. The Labute approximate surface area is 191 Å². The molecule has 0 aromatic rings. The number of carboxylic acid groups (broad SMARTS) is 1. The number of carbonyl (C=O) groups excluding carboxylic acids is 4. The Morgan fingerprint density at radius 3 is 1.91 bits per heavy atom. The van der Waals surface area contributed by atoms with Gasteiger partial charge in [-0.25, -0.2) is 4.79 Å². The molecule has 32 heavy (non-hydrogen) atoms. The average Bonchev–Trinajstić information content (AvgIpc) is 2.67. The number of carboxylic acids is 1. The molecule has 5 unspecified atom stereocenters. The molecule has 0 aliphatic rings. The molecule has 5 atom stereocenters. The molecule has 0 aromatic heterocycles. The van der Waals surface area contributed by atoms with Gasteiger partial charge in [0.25, 0.3) is 0 Å². The van der Waals surface area contributed by atoms with Gasteiger partial charge in [-0.1, -0.05) is 13.8 Å². The van der Waals surface area contributed by atoms with Gasteiger partial charge in [-0.15, -0.1) is 0 Å². The molecule has 0 radical (unpaired) electrons. The van der Waals surface area contributed by atoms with Crippen LogP contribution in [0.3, 0.4) is 0 Å². The van der Waals surface area contributed by atoms with E-state index in [1.165, 1.54) is 18.7 Å². The minimum atomic E-state index is -1.58. The van der Waals surface area contributed by atoms with Gasteiger partial charge in [0, 0.05) is 0 Å². The highest BCUT2D eigenvalue weighted by Gasteiger charge is 2.32. The zero-order chi connectivity index (χ0) is 25.0. The summed E-state index contributed by atoms with van der Waals surface area (Å²) in [6.07, 6.45) is 0.436. The number of hydrogen-bond donors (Lipinski definition) is 7. The predicted molar refractivity (Wildman–Crippen MR) is 119 cm³/mol. The summed E-state index contributed by atoms with van der Waals surface area (Å²) in [6, 6.07) is -5.03. The number of nitrogens with one attached hydrogen (secondary N) is 3. The summed E-state index contributed by atoms with van der Waals surface area (Å²) in [4.78, 5) is 60.4. The van der Waals surface area contributed by atoms with Gasteiger partial charge in [0.2, 0.25) is 23.6 Å². The Balaban J connectivity index is 5.47. The van der Waals surface area contributed by atoms with Crippen LogP contribution in [-0.2, 0) is 24.0 Å². The molecule has 0 aliphatic carbocycles. The van der Waals surface area contributed by atoms with E-state index in [2.05, 4.69) is 16.0 Å². The Bertz CT molecular complexity index is 674. The summed E-state index contributed by atoms with van der Waals surface area (Å²) in [5, 5.41) is 25.7. The SMILES string of the molecule is CSCCC(N)C(=O)NC(CC(N)=O)C(=O)NC(CC(C)C)C(=O)NC(C(=O)O)C(C)O. The van der Waals surface area contributed by atoms with E-state index in [-0.39, 0.29) is 12.3 Å². The fourth-order valence-corrected chi connectivity index (χ4v) is 3.17. The highest BCUT2D eigenvalue weighted by atomic mass is 32.2. The molecule has 0 saturated carbocycles. The van der Waals surface area contributed by atoms with Crippen molar-refractivity contribution >= 4 is 41.4 Å². The van der Waals surface area contributed by atoms with Gasteiger partial charge in [-0.05, 0) is 37.7 Å². The number of rotatable bonds is 15. The first-order valence-corrected chi connectivity index (χ1v) is 11.5. The van der Waals surface area contributed by atoms with Crippen LogP contribution >= 0.6 is 11.8 Å². The average molecular weight is 478 g/mol. The van der Waals surface area contributed by atoms with Crippen LogP contribution in [0.15, 0.2) is 0 Å². The van der Waals surface area contributed by atoms with Crippen molar-refractivity contribution in [1.82, 2.24) is 16.0 Å². The lowest BCUT2D eigenvalue weighted by Crippen LogP contribution is -2.59. The number of aliphatic hydroxyl groups is 1. The summed E-state index contributed by atoms with van der Waals surface area (Å²) in [5.74, 6) is -4.09. The maximum absolute atomic E-state index is 12.8. The zero-order valence-electron chi connectivity index (χ0n) is 18.8. The number of aliphatic hydroxyl groups excluding tert-OH is 1. The normalized spacial score (nSPS) is 15.7. The Kier molecular flexibility index (Phi) is 13.5. The summed E-state index contributed by atoms with van der Waals surface area (Å²) in [7, 11) is 0. The van der Waals surface area contributed by atoms with Gasteiger partial charge in [0.15, 0.2) is 6.04 Å². The first kappa shape index (κ1) is 29.6. The van der Waals surface area contributed by atoms with Gasteiger partial charge < -0.3 is 37.6 Å². The molecule has 4 amide bonds. The molecule has 184 valence electrons. The van der Waals surface area contributed by atoms with E-state index in [1.807, 2.05) is 6.26 Å². The molecule has 0 spiro atoms. The molecule has 0 fully saturated rings. The maximum atomic E-state index is 12.8. The molecule has 0 aliphatic heterocycles. The van der Waals surface area contributed by atoms with Gasteiger partial charge >= 0.3 is 5.97 Å². The van der Waals surface area contributed by atoms with E-state index >= 15 is 0 Å². The minimum Gasteiger partial charge on any atom is -0.480 e. The maximum Gasteiger partial charge on any atom is 0.328 e. The van der Waals surface area contributed by atoms with Crippen molar-refractivity contribution in [2.24, 2.45) is 17.4 Å². The summed E-state index contributed by atoms with van der Waals surface area (Å²) < 4.78 is 0. The predicted octanol–water partition coefficient (Wildman–Crippen LogP) is -2.09. The third kappa shape index (κ3) is 11.3. The quantitative estimate of drug-likeness (QED) is 0.137. The molecular formula is C19H35N5O7S. The zero-order valence-corrected chi connectivity index (χ0v) is 19.6. The standard InChI is InChI=1S/C19H35N5O7S/c1-9(2)7-12(18(29)24-15(10(3)25)19(30)31)23-17(28)13(8-14(21)26)22-16(27)11(20)5-6-32-4/h9-13,15,25H,5-8,20H2,1-4H3,(H2,21,26)(H,22,27)(H,23,28)(H,24,29)(H,30,31). The number of amides is 4. The van der Waals surface area contributed by atoms with Crippen LogP contribution in [0.25, 0.3) is 0 Å². The number of aliphatic carboxylic acids is 1. The minimum absolute atomic E-state index is 0.0787.